The van der Waals surface area contributed by atoms with Crippen LogP contribution in [0.5, 0.6) is 0 Å². The molecule has 0 unspecified atom stereocenters. The molecule has 0 spiro atoms. The summed E-state index contributed by atoms with van der Waals surface area (Å²) >= 11 is 0. The van der Waals surface area contributed by atoms with Gasteiger partial charge in [-0.05, 0) is 36.6 Å². The minimum atomic E-state index is 0.0917. The Kier molecular flexibility index (Phi) is 3.29. The molecular formula is C14H19N3O2. The number of amides is 2. The van der Waals surface area contributed by atoms with Crippen molar-refractivity contribution in [1.82, 2.24) is 4.90 Å². The van der Waals surface area contributed by atoms with Crippen LogP contribution < -0.4 is 10.6 Å². The summed E-state index contributed by atoms with van der Waals surface area (Å²) in [5.41, 5.74) is 8.76. The number of hydrogen-bond donors (Lipinski definition) is 1. The Labute approximate surface area is 112 Å². The van der Waals surface area contributed by atoms with E-state index in [4.69, 9.17) is 10.5 Å². The summed E-state index contributed by atoms with van der Waals surface area (Å²) in [4.78, 5) is 16.3. The van der Waals surface area contributed by atoms with Crippen molar-refractivity contribution in [1.29, 1.82) is 0 Å². The minimum absolute atomic E-state index is 0.0917. The summed E-state index contributed by atoms with van der Waals surface area (Å²) in [5.74, 6) is 0. The number of fused-ring (bicyclic) bond motifs is 1. The van der Waals surface area contributed by atoms with Crippen LogP contribution in [-0.2, 0) is 11.2 Å². The highest BCUT2D eigenvalue weighted by molar-refractivity contribution is 5.93. The molecule has 1 aromatic carbocycles. The number of ether oxygens (including phenoxy) is 1. The number of anilines is 2. The highest BCUT2D eigenvalue weighted by atomic mass is 16.5. The topological polar surface area (TPSA) is 58.8 Å². The Morgan fingerprint density at radius 1 is 1.21 bits per heavy atom. The average molecular weight is 261 g/mol. The smallest absolute Gasteiger partial charge is 0.324 e. The summed E-state index contributed by atoms with van der Waals surface area (Å²) in [6.07, 6.45) is 1.99. The zero-order chi connectivity index (χ0) is 13.2. The first-order valence-electron chi connectivity index (χ1n) is 6.78. The van der Waals surface area contributed by atoms with Gasteiger partial charge in [0.25, 0.3) is 0 Å². The third-order valence-electron chi connectivity index (χ3n) is 3.73. The Hall–Kier alpha value is -1.75. The molecule has 2 amide bonds. The number of benzene rings is 1. The van der Waals surface area contributed by atoms with Gasteiger partial charge >= 0.3 is 6.03 Å². The van der Waals surface area contributed by atoms with E-state index < -0.39 is 0 Å². The Morgan fingerprint density at radius 3 is 2.79 bits per heavy atom. The number of urea groups is 1. The summed E-state index contributed by atoms with van der Waals surface area (Å²) in [6.45, 7) is 3.41. The highest BCUT2D eigenvalue weighted by Gasteiger charge is 2.27. The van der Waals surface area contributed by atoms with Crippen LogP contribution in [0.15, 0.2) is 18.2 Å². The number of hydrogen-bond acceptors (Lipinski definition) is 3. The monoisotopic (exact) mass is 261 g/mol. The van der Waals surface area contributed by atoms with Crippen molar-refractivity contribution in [3.05, 3.63) is 23.8 Å². The van der Waals surface area contributed by atoms with Crippen molar-refractivity contribution in [3.63, 3.8) is 0 Å². The number of rotatable bonds is 0. The lowest BCUT2D eigenvalue weighted by Crippen LogP contribution is -2.49. The molecule has 2 aliphatic rings. The van der Waals surface area contributed by atoms with Gasteiger partial charge in [0.1, 0.15) is 0 Å². The van der Waals surface area contributed by atoms with Gasteiger partial charge in [-0.15, -0.1) is 0 Å². The van der Waals surface area contributed by atoms with Gasteiger partial charge < -0.3 is 15.4 Å². The van der Waals surface area contributed by atoms with E-state index in [0.717, 1.165) is 30.8 Å². The minimum Gasteiger partial charge on any atom is -0.399 e. The fraction of sp³-hybridized carbons (Fsp3) is 0.500. The van der Waals surface area contributed by atoms with Crippen LogP contribution in [0, 0.1) is 0 Å². The molecule has 2 N–H and O–H groups in total. The van der Waals surface area contributed by atoms with Gasteiger partial charge in [0.15, 0.2) is 0 Å². The van der Waals surface area contributed by atoms with Crippen molar-refractivity contribution < 1.29 is 9.53 Å². The molecule has 0 atom stereocenters. The van der Waals surface area contributed by atoms with Crippen LogP contribution in [0.4, 0.5) is 16.2 Å². The normalized spacial score (nSPS) is 19.2. The number of nitrogen functional groups attached to an aromatic ring is 1. The molecule has 0 aromatic heterocycles. The number of carbonyl (C=O) groups is 1. The molecule has 102 valence electrons. The summed E-state index contributed by atoms with van der Waals surface area (Å²) in [7, 11) is 0. The van der Waals surface area contributed by atoms with Gasteiger partial charge in [-0.1, -0.05) is 0 Å². The van der Waals surface area contributed by atoms with Crippen LogP contribution in [0.1, 0.15) is 12.0 Å². The molecule has 2 heterocycles. The number of aryl methyl sites for hydroxylation is 1. The molecule has 1 aromatic rings. The first-order valence-corrected chi connectivity index (χ1v) is 6.78. The van der Waals surface area contributed by atoms with Crippen molar-refractivity contribution in [2.45, 2.75) is 12.8 Å². The van der Waals surface area contributed by atoms with Crippen molar-refractivity contribution in [3.8, 4) is 0 Å². The fourth-order valence-electron chi connectivity index (χ4n) is 2.74. The summed E-state index contributed by atoms with van der Waals surface area (Å²) in [5, 5.41) is 0. The standard InChI is InChI=1S/C14H19N3O2/c15-12-3-4-13-11(10-12)2-1-5-17(13)14(18)16-6-8-19-9-7-16/h3-4,10H,1-2,5-9,15H2. The summed E-state index contributed by atoms with van der Waals surface area (Å²) < 4.78 is 5.29. The van der Waals surface area contributed by atoms with Gasteiger partial charge in [0.05, 0.1) is 13.2 Å². The molecule has 1 saturated heterocycles. The number of morpholine rings is 1. The Bertz CT molecular complexity index is 484. The van der Waals surface area contributed by atoms with E-state index in [0.29, 0.717) is 26.3 Å². The molecular weight excluding hydrogens is 242 g/mol. The molecule has 2 aliphatic heterocycles. The predicted octanol–water partition coefficient (Wildman–Crippen LogP) is 1.47. The van der Waals surface area contributed by atoms with Crippen LogP contribution in [0.2, 0.25) is 0 Å². The molecule has 0 radical (unpaired) electrons. The first kappa shape index (κ1) is 12.3. The quantitative estimate of drug-likeness (QED) is 0.720. The molecule has 3 rings (SSSR count). The molecule has 0 aliphatic carbocycles. The molecule has 19 heavy (non-hydrogen) atoms. The highest BCUT2D eigenvalue weighted by Crippen LogP contribution is 2.29. The van der Waals surface area contributed by atoms with Gasteiger partial charge in [-0.25, -0.2) is 4.79 Å². The van der Waals surface area contributed by atoms with Gasteiger partial charge in [-0.3, -0.25) is 4.90 Å². The average Bonchev–Trinajstić information content (AvgIpc) is 2.46. The second kappa shape index (κ2) is 5.09. The maximum atomic E-state index is 12.6. The van der Waals surface area contributed by atoms with Gasteiger partial charge in [0.2, 0.25) is 0 Å². The summed E-state index contributed by atoms with van der Waals surface area (Å²) in [6, 6.07) is 5.90. The van der Waals surface area contributed by atoms with E-state index in [9.17, 15) is 4.79 Å². The predicted molar refractivity (Wildman–Crippen MR) is 74.3 cm³/mol. The zero-order valence-corrected chi connectivity index (χ0v) is 11.0. The molecule has 0 bridgehead atoms. The van der Waals surface area contributed by atoms with Crippen LogP contribution in [0.25, 0.3) is 0 Å². The number of carbonyl (C=O) groups excluding carboxylic acids is 1. The lowest BCUT2D eigenvalue weighted by Gasteiger charge is -2.36. The third kappa shape index (κ3) is 2.38. The maximum absolute atomic E-state index is 12.6. The van der Waals surface area contributed by atoms with E-state index in [1.165, 1.54) is 5.56 Å². The van der Waals surface area contributed by atoms with Crippen LogP contribution >= 0.6 is 0 Å². The third-order valence-corrected chi connectivity index (χ3v) is 3.73. The van der Waals surface area contributed by atoms with Crippen molar-refractivity contribution in [2.75, 3.05) is 43.5 Å². The SMILES string of the molecule is Nc1ccc2c(c1)CCCN2C(=O)N1CCOCC1. The van der Waals surface area contributed by atoms with Gasteiger partial charge in [0, 0.05) is 31.0 Å². The molecule has 1 fully saturated rings. The van der Waals surface area contributed by atoms with E-state index in [-0.39, 0.29) is 6.03 Å². The van der Waals surface area contributed by atoms with E-state index in [1.807, 2.05) is 28.0 Å². The fourth-order valence-corrected chi connectivity index (χ4v) is 2.74. The molecule has 0 saturated carbocycles. The van der Waals surface area contributed by atoms with Crippen molar-refractivity contribution in [2.24, 2.45) is 0 Å². The second-order valence-electron chi connectivity index (χ2n) is 5.03. The van der Waals surface area contributed by atoms with Crippen molar-refractivity contribution >= 4 is 17.4 Å². The second-order valence-corrected chi connectivity index (χ2v) is 5.03. The van der Waals surface area contributed by atoms with E-state index in [2.05, 4.69) is 0 Å². The lowest BCUT2D eigenvalue weighted by molar-refractivity contribution is 0.0548. The first-order chi connectivity index (χ1) is 9.25. The lowest BCUT2D eigenvalue weighted by atomic mass is 10.0. The Morgan fingerprint density at radius 2 is 2.00 bits per heavy atom. The van der Waals surface area contributed by atoms with Gasteiger partial charge in [-0.2, -0.15) is 0 Å². The molecule has 5 nitrogen and oxygen atoms in total. The number of nitrogens with zero attached hydrogens (tertiary/aromatic N) is 2. The van der Waals surface area contributed by atoms with Crippen LogP contribution in [0.3, 0.4) is 0 Å². The molecule has 5 heteroatoms. The maximum Gasteiger partial charge on any atom is 0.324 e. The van der Waals surface area contributed by atoms with E-state index >= 15 is 0 Å². The largest absolute Gasteiger partial charge is 0.399 e. The van der Waals surface area contributed by atoms with Crippen LogP contribution in [-0.4, -0.2) is 43.8 Å². The zero-order valence-electron chi connectivity index (χ0n) is 11.0. The Balaban J connectivity index is 1.84. The van der Waals surface area contributed by atoms with E-state index in [1.54, 1.807) is 0 Å². The number of nitrogens with two attached hydrogens (primary N) is 1.